The number of piperazine rings is 1. The molecule has 0 saturated carbocycles. The normalized spacial score (nSPS) is 21.1. The van der Waals surface area contributed by atoms with E-state index in [1.165, 1.54) is 0 Å². The third-order valence-corrected chi connectivity index (χ3v) is 3.88. The van der Waals surface area contributed by atoms with Crippen molar-refractivity contribution in [2.24, 2.45) is 7.05 Å². The average Bonchev–Trinajstić information content (AvgIpc) is 2.75. The summed E-state index contributed by atoms with van der Waals surface area (Å²) in [5, 5.41) is 4.20. The summed E-state index contributed by atoms with van der Waals surface area (Å²) in [7, 11) is 4.01. The fraction of sp³-hybridized carbons (Fsp3) is 0.714. The van der Waals surface area contributed by atoms with E-state index in [0.717, 1.165) is 31.9 Å². The van der Waals surface area contributed by atoms with Gasteiger partial charge < -0.3 is 9.64 Å². The van der Waals surface area contributed by atoms with Gasteiger partial charge in [0.05, 0.1) is 18.5 Å². The van der Waals surface area contributed by atoms with Gasteiger partial charge in [-0.1, -0.05) is 0 Å². The third-order valence-electron chi connectivity index (χ3n) is 3.88. The van der Waals surface area contributed by atoms with E-state index in [4.69, 9.17) is 4.74 Å². The van der Waals surface area contributed by atoms with Crippen LogP contribution in [0, 0.1) is 0 Å². The predicted molar refractivity (Wildman–Crippen MR) is 76.5 cm³/mol. The smallest absolute Gasteiger partial charge is 0.341 e. The lowest BCUT2D eigenvalue weighted by molar-refractivity contribution is 0.0519. The van der Waals surface area contributed by atoms with Crippen molar-refractivity contribution in [2.45, 2.75) is 26.4 Å². The summed E-state index contributed by atoms with van der Waals surface area (Å²) in [5.74, 6) is -0.280. The SMILES string of the molecule is CCOC(=O)c1cnn(C)c1CN1CCN(C)CC1C. The van der Waals surface area contributed by atoms with Crippen LogP contribution in [0.3, 0.4) is 0 Å². The number of esters is 1. The van der Waals surface area contributed by atoms with Crippen LogP contribution in [0.2, 0.25) is 0 Å². The van der Waals surface area contributed by atoms with Gasteiger partial charge in [0.2, 0.25) is 0 Å². The zero-order valence-corrected chi connectivity index (χ0v) is 12.8. The Hall–Kier alpha value is -1.40. The maximum atomic E-state index is 12.0. The lowest BCUT2D eigenvalue weighted by Crippen LogP contribution is -2.50. The molecule has 1 fully saturated rings. The first-order valence-electron chi connectivity index (χ1n) is 7.13. The molecule has 2 rings (SSSR count). The van der Waals surface area contributed by atoms with E-state index in [1.54, 1.807) is 10.9 Å². The highest BCUT2D eigenvalue weighted by Gasteiger charge is 2.25. The Morgan fingerprint density at radius 1 is 1.45 bits per heavy atom. The van der Waals surface area contributed by atoms with Gasteiger partial charge in [0.25, 0.3) is 0 Å². The summed E-state index contributed by atoms with van der Waals surface area (Å²) >= 11 is 0. The van der Waals surface area contributed by atoms with Crippen LogP contribution >= 0.6 is 0 Å². The molecule has 20 heavy (non-hydrogen) atoms. The first-order chi connectivity index (χ1) is 9.52. The standard InChI is InChI=1S/C14H24N4O2/c1-5-20-14(19)12-8-15-17(4)13(12)10-18-7-6-16(3)9-11(18)2/h8,11H,5-7,9-10H2,1-4H3. The lowest BCUT2D eigenvalue weighted by atomic mass is 10.1. The number of carbonyl (C=O) groups is 1. The molecular weight excluding hydrogens is 256 g/mol. The van der Waals surface area contributed by atoms with Crippen LogP contribution in [0.15, 0.2) is 6.20 Å². The Balaban J connectivity index is 2.12. The van der Waals surface area contributed by atoms with Gasteiger partial charge in [0.1, 0.15) is 5.56 Å². The molecule has 112 valence electrons. The highest BCUT2D eigenvalue weighted by Crippen LogP contribution is 2.16. The minimum atomic E-state index is -0.280. The highest BCUT2D eigenvalue weighted by atomic mass is 16.5. The van der Waals surface area contributed by atoms with Crippen LogP contribution < -0.4 is 0 Å². The number of aryl methyl sites for hydroxylation is 1. The number of hydrogen-bond donors (Lipinski definition) is 0. The van der Waals surface area contributed by atoms with Crippen LogP contribution in [0.1, 0.15) is 29.9 Å². The number of nitrogens with zero attached hydrogens (tertiary/aromatic N) is 4. The second-order valence-corrected chi connectivity index (χ2v) is 5.43. The molecule has 2 heterocycles. The molecule has 1 aliphatic rings. The number of hydrogen-bond acceptors (Lipinski definition) is 5. The molecule has 6 heteroatoms. The maximum Gasteiger partial charge on any atom is 0.341 e. The molecule has 0 N–H and O–H groups in total. The quantitative estimate of drug-likeness (QED) is 0.761. The summed E-state index contributed by atoms with van der Waals surface area (Å²) in [5.41, 5.74) is 1.51. The Labute approximate surface area is 120 Å². The summed E-state index contributed by atoms with van der Waals surface area (Å²) in [6.07, 6.45) is 1.61. The van der Waals surface area contributed by atoms with Gasteiger partial charge in [0.15, 0.2) is 0 Å². The molecule has 0 aliphatic carbocycles. The van der Waals surface area contributed by atoms with E-state index in [-0.39, 0.29) is 5.97 Å². The molecule has 1 aromatic rings. The number of ether oxygens (including phenoxy) is 1. The van der Waals surface area contributed by atoms with Crippen molar-refractivity contribution in [2.75, 3.05) is 33.3 Å². The molecule has 1 aliphatic heterocycles. The Kier molecular flexibility index (Phi) is 4.77. The van der Waals surface area contributed by atoms with E-state index < -0.39 is 0 Å². The molecule has 1 unspecified atom stereocenters. The molecule has 0 aromatic carbocycles. The van der Waals surface area contributed by atoms with Crippen LogP contribution in [-0.4, -0.2) is 64.9 Å². The molecule has 0 radical (unpaired) electrons. The van der Waals surface area contributed by atoms with E-state index in [2.05, 4.69) is 28.9 Å². The summed E-state index contributed by atoms with van der Waals surface area (Å²) < 4.78 is 6.87. The van der Waals surface area contributed by atoms with Gasteiger partial charge >= 0.3 is 5.97 Å². The van der Waals surface area contributed by atoms with Crippen molar-refractivity contribution in [1.29, 1.82) is 0 Å². The second kappa shape index (κ2) is 6.37. The van der Waals surface area contributed by atoms with E-state index >= 15 is 0 Å². The molecule has 1 aromatic heterocycles. The van der Waals surface area contributed by atoms with E-state index in [9.17, 15) is 4.79 Å². The Morgan fingerprint density at radius 3 is 2.85 bits per heavy atom. The van der Waals surface area contributed by atoms with Crippen LogP contribution in [0.4, 0.5) is 0 Å². The number of rotatable bonds is 4. The lowest BCUT2D eigenvalue weighted by Gasteiger charge is -2.38. The van der Waals surface area contributed by atoms with E-state index in [1.807, 2.05) is 14.0 Å². The number of carbonyl (C=O) groups excluding carboxylic acids is 1. The monoisotopic (exact) mass is 280 g/mol. The Morgan fingerprint density at radius 2 is 2.20 bits per heavy atom. The Bertz CT molecular complexity index is 472. The van der Waals surface area contributed by atoms with Gasteiger partial charge in [-0.25, -0.2) is 4.79 Å². The van der Waals surface area contributed by atoms with E-state index in [0.29, 0.717) is 18.2 Å². The zero-order chi connectivity index (χ0) is 14.7. The average molecular weight is 280 g/mol. The first-order valence-corrected chi connectivity index (χ1v) is 7.13. The summed E-state index contributed by atoms with van der Waals surface area (Å²) in [6.45, 7) is 8.26. The third kappa shape index (κ3) is 3.19. The highest BCUT2D eigenvalue weighted by molar-refractivity contribution is 5.90. The molecular formula is C14H24N4O2. The predicted octanol–water partition coefficient (Wildman–Crippen LogP) is 0.733. The van der Waals surface area contributed by atoms with Gasteiger partial charge in [0, 0.05) is 39.3 Å². The summed E-state index contributed by atoms with van der Waals surface area (Å²) in [6, 6.07) is 0.471. The number of aromatic nitrogens is 2. The van der Waals surface area contributed by atoms with Crippen LogP contribution in [0.5, 0.6) is 0 Å². The molecule has 1 saturated heterocycles. The van der Waals surface area contributed by atoms with Crippen molar-refractivity contribution >= 4 is 5.97 Å². The first kappa shape index (κ1) is 15.0. The van der Waals surface area contributed by atoms with Crippen molar-refractivity contribution in [3.8, 4) is 0 Å². The molecule has 0 bridgehead atoms. The van der Waals surface area contributed by atoms with Crippen LogP contribution in [0.25, 0.3) is 0 Å². The van der Waals surface area contributed by atoms with Crippen molar-refractivity contribution < 1.29 is 9.53 Å². The fourth-order valence-electron chi connectivity index (χ4n) is 2.63. The van der Waals surface area contributed by atoms with Crippen LogP contribution in [-0.2, 0) is 18.3 Å². The van der Waals surface area contributed by atoms with Gasteiger partial charge in [-0.15, -0.1) is 0 Å². The van der Waals surface area contributed by atoms with Crippen molar-refractivity contribution in [3.63, 3.8) is 0 Å². The largest absolute Gasteiger partial charge is 0.462 e. The van der Waals surface area contributed by atoms with Crippen molar-refractivity contribution in [3.05, 3.63) is 17.5 Å². The molecule has 0 amide bonds. The maximum absolute atomic E-state index is 12.0. The molecule has 6 nitrogen and oxygen atoms in total. The van der Waals surface area contributed by atoms with Crippen molar-refractivity contribution in [1.82, 2.24) is 19.6 Å². The van der Waals surface area contributed by atoms with Gasteiger partial charge in [-0.2, -0.15) is 5.10 Å². The topological polar surface area (TPSA) is 50.6 Å². The fourth-order valence-corrected chi connectivity index (χ4v) is 2.63. The number of likely N-dealkylation sites (N-methyl/N-ethyl adjacent to an activating group) is 1. The second-order valence-electron chi connectivity index (χ2n) is 5.43. The molecule has 1 atom stereocenters. The molecule has 0 spiro atoms. The summed E-state index contributed by atoms with van der Waals surface area (Å²) in [4.78, 5) is 16.7. The van der Waals surface area contributed by atoms with Gasteiger partial charge in [-0.05, 0) is 20.9 Å². The minimum absolute atomic E-state index is 0.280. The zero-order valence-electron chi connectivity index (χ0n) is 12.8. The van der Waals surface area contributed by atoms with Gasteiger partial charge in [-0.3, -0.25) is 9.58 Å². The minimum Gasteiger partial charge on any atom is -0.462 e.